The summed E-state index contributed by atoms with van der Waals surface area (Å²) in [5.74, 6) is -0.717. The fourth-order valence-electron chi connectivity index (χ4n) is 11.6. The third-order valence-electron chi connectivity index (χ3n) is 15.3. The van der Waals surface area contributed by atoms with Crippen LogP contribution in [0.5, 0.6) is 17.2 Å². The number of ether oxygens (including phenoxy) is 3. The molecule has 1 spiro atoms. The number of carbonyl (C=O) groups is 1. The molecule has 2 saturated heterocycles. The molecule has 3 aromatic carbocycles. The molecule has 4 fully saturated rings. The number of rotatable bonds is 12. The number of H-pyrrole nitrogens is 1. The number of halogens is 1. The van der Waals surface area contributed by atoms with Crippen molar-refractivity contribution in [2.24, 2.45) is 11.3 Å². The molecule has 0 unspecified atom stereocenters. The molecule has 15 nitrogen and oxygen atoms in total. The molecule has 67 heavy (non-hydrogen) atoms. The maximum atomic E-state index is 14.7. The normalized spacial score (nSPS) is 23.1. The van der Waals surface area contributed by atoms with Gasteiger partial charge in [0.1, 0.15) is 29.6 Å². The predicted molar refractivity (Wildman–Crippen MR) is 252 cm³/mol. The zero-order valence-electron chi connectivity index (χ0n) is 38.1. The molecule has 354 valence electrons. The predicted octanol–water partition coefficient (Wildman–Crippen LogP) is 9.61. The van der Waals surface area contributed by atoms with Crippen LogP contribution in [-0.4, -0.2) is 85.7 Å². The number of nitro groups is 1. The number of hydrogen-bond donors (Lipinski definition) is 3. The van der Waals surface area contributed by atoms with Crippen LogP contribution >= 0.6 is 0 Å². The van der Waals surface area contributed by atoms with Gasteiger partial charge in [0.25, 0.3) is 21.6 Å². The van der Waals surface area contributed by atoms with Gasteiger partial charge in [-0.05, 0) is 117 Å². The summed E-state index contributed by atoms with van der Waals surface area (Å²) in [7, 11) is -3.00. The highest BCUT2D eigenvalue weighted by Crippen LogP contribution is 2.54. The van der Waals surface area contributed by atoms with Crippen LogP contribution in [0, 0.1) is 27.3 Å². The molecule has 5 aliphatic rings. The Morgan fingerprint density at radius 3 is 2.55 bits per heavy atom. The Bertz CT molecular complexity index is 2800. The second kappa shape index (κ2) is 18.0. The monoisotopic (exact) mass is 935 g/mol. The molecule has 17 heteroatoms. The minimum Gasteiger partial charge on any atom is -0.489 e. The number of nitrogens with one attached hydrogen (secondary N) is 3. The third-order valence-corrected chi connectivity index (χ3v) is 16.6. The van der Waals surface area contributed by atoms with Gasteiger partial charge in [-0.3, -0.25) is 19.8 Å². The van der Waals surface area contributed by atoms with Gasteiger partial charge in [0.15, 0.2) is 11.4 Å². The summed E-state index contributed by atoms with van der Waals surface area (Å²) in [5, 5.41) is 15.8. The van der Waals surface area contributed by atoms with Gasteiger partial charge in [-0.2, -0.15) is 0 Å². The molecule has 10 rings (SSSR count). The van der Waals surface area contributed by atoms with Crippen LogP contribution in [0.1, 0.15) is 112 Å². The van der Waals surface area contributed by atoms with Crippen molar-refractivity contribution < 1.29 is 36.7 Å². The zero-order chi connectivity index (χ0) is 46.6. The number of amides is 1. The summed E-state index contributed by atoms with van der Waals surface area (Å²) < 4.78 is 62.5. The Kier molecular flexibility index (Phi) is 12.1. The van der Waals surface area contributed by atoms with E-state index in [0.717, 1.165) is 69.9 Å². The van der Waals surface area contributed by atoms with Crippen LogP contribution < -0.4 is 24.4 Å². The van der Waals surface area contributed by atoms with E-state index >= 15 is 0 Å². The highest BCUT2D eigenvalue weighted by atomic mass is 32.2. The Balaban J connectivity index is 0.861. The van der Waals surface area contributed by atoms with Crippen molar-refractivity contribution in [2.45, 2.75) is 113 Å². The molecule has 2 saturated carbocycles. The van der Waals surface area contributed by atoms with Crippen molar-refractivity contribution in [3.05, 3.63) is 106 Å². The minimum atomic E-state index is -4.69. The number of carbonyl (C=O) groups excluding carboxylic acids is 1. The second-order valence-electron chi connectivity index (χ2n) is 19.6. The van der Waals surface area contributed by atoms with Crippen LogP contribution in [0.4, 0.5) is 21.5 Å². The van der Waals surface area contributed by atoms with Crippen molar-refractivity contribution in [3.8, 4) is 17.2 Å². The molecule has 0 bridgehead atoms. The molecule has 2 atom stereocenters. The van der Waals surface area contributed by atoms with Crippen LogP contribution in [0.15, 0.2) is 78.0 Å². The van der Waals surface area contributed by atoms with Gasteiger partial charge in [-0.15, -0.1) is 0 Å². The minimum absolute atomic E-state index is 0.00509. The lowest BCUT2D eigenvalue weighted by Crippen LogP contribution is -2.54. The number of methoxy groups -OCH3 is 1. The first-order chi connectivity index (χ1) is 32.3. The van der Waals surface area contributed by atoms with E-state index in [2.05, 4.69) is 67.9 Å². The summed E-state index contributed by atoms with van der Waals surface area (Å²) in [5.41, 5.74) is 3.78. The summed E-state index contributed by atoms with van der Waals surface area (Å²) in [4.78, 5) is 37.4. The number of piperidine rings is 1. The number of benzene rings is 3. The summed E-state index contributed by atoms with van der Waals surface area (Å²) in [6.07, 6.45) is 13.0. The van der Waals surface area contributed by atoms with Crippen LogP contribution in [0.25, 0.3) is 11.0 Å². The molecule has 0 radical (unpaired) electrons. The van der Waals surface area contributed by atoms with Gasteiger partial charge < -0.3 is 29.4 Å². The largest absolute Gasteiger partial charge is 0.489 e. The number of sulfonamides is 1. The molecular formula is C50H58FN7O8S. The van der Waals surface area contributed by atoms with E-state index < -0.39 is 37.3 Å². The number of pyridine rings is 1. The van der Waals surface area contributed by atoms with E-state index in [-0.39, 0.29) is 64.0 Å². The number of likely N-dealkylation sites (tertiary alicyclic amines) is 1. The Morgan fingerprint density at radius 2 is 1.81 bits per heavy atom. The smallest absolute Gasteiger partial charge is 0.297 e. The molecular weight excluding hydrogens is 878 g/mol. The third kappa shape index (κ3) is 8.81. The highest BCUT2D eigenvalue weighted by molar-refractivity contribution is 7.90. The van der Waals surface area contributed by atoms with Crippen LogP contribution in [0.2, 0.25) is 0 Å². The number of hydrogen-bond acceptors (Lipinski definition) is 12. The molecule has 3 aliphatic heterocycles. The maximum Gasteiger partial charge on any atom is 0.297 e. The van der Waals surface area contributed by atoms with Gasteiger partial charge in [-0.25, -0.2) is 22.5 Å². The first-order valence-electron chi connectivity index (χ1n) is 23.6. The lowest BCUT2D eigenvalue weighted by Gasteiger charge is -2.56. The number of aromatic amines is 1. The van der Waals surface area contributed by atoms with Crippen LogP contribution in [-0.2, 0) is 14.8 Å². The zero-order valence-corrected chi connectivity index (χ0v) is 38.9. The van der Waals surface area contributed by atoms with E-state index in [0.29, 0.717) is 23.6 Å². The molecule has 5 heterocycles. The van der Waals surface area contributed by atoms with Gasteiger partial charge in [0.2, 0.25) is 0 Å². The van der Waals surface area contributed by atoms with E-state index in [1.165, 1.54) is 67.4 Å². The number of nitrogens with zero attached hydrogens (tertiary/aromatic N) is 4. The average molecular weight is 936 g/mol. The first kappa shape index (κ1) is 45.0. The van der Waals surface area contributed by atoms with E-state index in [1.54, 1.807) is 19.2 Å². The topological polar surface area (TPSA) is 181 Å². The Labute approximate surface area is 390 Å². The van der Waals surface area contributed by atoms with Gasteiger partial charge >= 0.3 is 0 Å². The standard InChI is InChI=1S/C50H58FN7O8S/c1-30(2)37-7-4-5-8-38(37)43-9-6-18-57(43)33-25-50(26-33)16-19-56(20-17-50)32-12-15-39(45(21-32)66-35-22-40-41(51)28-53-48(40)52-27-35)49(59)55-67(62,63)36-23-44(58(60)61)47-46(24-36)65-29-42(54-47)31-10-13-34(64-3)14-11-31/h4-5,7-8,12,15,21-24,27-28,30-31,33-34,42-43,54H,6,9-11,13-14,16-20,25-26,29H2,1-3H3,(H,52,53)(H,55,59)/t31?,34?,42-,43+/m1/s1. The van der Waals surface area contributed by atoms with Crippen molar-refractivity contribution in [3.63, 3.8) is 0 Å². The Morgan fingerprint density at radius 1 is 1.03 bits per heavy atom. The van der Waals surface area contributed by atoms with Crippen molar-refractivity contribution in [1.29, 1.82) is 0 Å². The lowest BCUT2D eigenvalue weighted by molar-refractivity contribution is -0.384. The van der Waals surface area contributed by atoms with E-state index in [1.807, 2.05) is 0 Å². The molecule has 3 N–H and O–H groups in total. The first-order valence-corrected chi connectivity index (χ1v) is 25.1. The van der Waals surface area contributed by atoms with Crippen molar-refractivity contribution in [2.75, 3.05) is 43.6 Å². The number of fused-ring (bicyclic) bond motifs is 2. The molecule has 1 amide bonds. The SMILES string of the molecule is COC1CCC([C@H]2COc3cc(S(=O)(=O)NC(=O)c4ccc(N5CCC6(CC5)CC(N5CCC[C@H]5c5ccccc5C(C)C)C6)cc4Oc4cnc5[nH]cc(F)c5c4)cc([N+](=O)[O-])c3N2)CC1. The maximum absolute atomic E-state index is 14.7. The molecule has 5 aromatic rings. The summed E-state index contributed by atoms with van der Waals surface area (Å²) in [6.45, 7) is 7.45. The summed E-state index contributed by atoms with van der Waals surface area (Å²) in [6, 6.07) is 18.3. The fraction of sp³-hybridized carbons (Fsp3) is 0.480. The van der Waals surface area contributed by atoms with Crippen LogP contribution in [0.3, 0.4) is 0 Å². The molecule has 2 aromatic heterocycles. The van der Waals surface area contributed by atoms with E-state index in [4.69, 9.17) is 14.2 Å². The van der Waals surface area contributed by atoms with Crippen molar-refractivity contribution in [1.82, 2.24) is 19.6 Å². The average Bonchev–Trinajstić information content (AvgIpc) is 3.96. The second-order valence-corrected chi connectivity index (χ2v) is 21.2. The number of aromatic nitrogens is 2. The fourth-order valence-corrected chi connectivity index (χ4v) is 12.6. The van der Waals surface area contributed by atoms with E-state index in [9.17, 15) is 27.7 Å². The Hall–Kier alpha value is -5.78. The molecule has 2 aliphatic carbocycles. The lowest BCUT2D eigenvalue weighted by atomic mass is 9.59. The van der Waals surface area contributed by atoms with Gasteiger partial charge in [0, 0.05) is 62.4 Å². The van der Waals surface area contributed by atoms with Crippen molar-refractivity contribution >= 4 is 44.0 Å². The number of nitro benzene ring substituents is 1. The van der Waals surface area contributed by atoms with Gasteiger partial charge in [-0.1, -0.05) is 38.1 Å². The van der Waals surface area contributed by atoms with Gasteiger partial charge in [0.05, 0.1) is 39.1 Å². The number of anilines is 2. The summed E-state index contributed by atoms with van der Waals surface area (Å²) >= 11 is 0. The quantitative estimate of drug-likeness (QED) is 0.0797. The highest BCUT2D eigenvalue weighted by Gasteiger charge is 2.50.